The Morgan fingerprint density at radius 2 is 2.04 bits per heavy atom. The molecule has 8 heteroatoms. The topological polar surface area (TPSA) is 85.1 Å². The zero-order valence-electron chi connectivity index (χ0n) is 15.1. The lowest BCUT2D eigenvalue weighted by Gasteiger charge is -2.16. The molecular weight excluding hydrogens is 376 g/mol. The van der Waals surface area contributed by atoms with Crippen molar-refractivity contribution in [2.24, 2.45) is 5.10 Å². The number of carbonyl (C=O) groups excluding carboxylic acids is 1. The number of aromatic nitrogens is 4. The van der Waals surface area contributed by atoms with Crippen molar-refractivity contribution >= 4 is 28.8 Å². The first-order valence-electron chi connectivity index (χ1n) is 8.77. The molecule has 0 saturated heterocycles. The molecule has 0 radical (unpaired) electrons. The number of aryl methyl sites for hydroxylation is 1. The van der Waals surface area contributed by atoms with Gasteiger partial charge in [-0.3, -0.25) is 9.78 Å². The van der Waals surface area contributed by atoms with Crippen LogP contribution in [-0.2, 0) is 6.42 Å². The third-order valence-electron chi connectivity index (χ3n) is 4.48. The molecule has 140 valence electrons. The van der Waals surface area contributed by atoms with Crippen LogP contribution in [0.15, 0.2) is 59.6 Å². The number of allylic oxidation sites excluding steroid dienone is 1. The smallest absolute Gasteiger partial charge is 0.267 e. The van der Waals surface area contributed by atoms with Gasteiger partial charge in [-0.2, -0.15) is 10.2 Å². The van der Waals surface area contributed by atoms with Crippen molar-refractivity contribution in [3.8, 4) is 5.82 Å². The predicted molar refractivity (Wildman–Crippen MR) is 107 cm³/mol. The number of fused-ring (bicyclic) bond motifs is 1. The van der Waals surface area contributed by atoms with Gasteiger partial charge in [0.25, 0.3) is 5.91 Å². The Balaban J connectivity index is 1.58. The molecule has 0 aromatic carbocycles. The fraction of sp³-hybridized carbons (Fsp3) is 0.150. The van der Waals surface area contributed by atoms with E-state index in [0.29, 0.717) is 17.0 Å². The molecule has 3 heterocycles. The van der Waals surface area contributed by atoms with Gasteiger partial charge in [0.1, 0.15) is 0 Å². The van der Waals surface area contributed by atoms with Crippen molar-refractivity contribution in [2.45, 2.75) is 19.8 Å². The zero-order valence-corrected chi connectivity index (χ0v) is 15.9. The van der Waals surface area contributed by atoms with Crippen LogP contribution in [0, 0.1) is 6.92 Å². The van der Waals surface area contributed by atoms with Crippen molar-refractivity contribution in [3.05, 3.63) is 77.0 Å². The third kappa shape index (κ3) is 3.44. The number of carbonyl (C=O) groups is 1. The van der Waals surface area contributed by atoms with Crippen LogP contribution in [0.5, 0.6) is 0 Å². The van der Waals surface area contributed by atoms with E-state index >= 15 is 0 Å². The van der Waals surface area contributed by atoms with Crippen LogP contribution in [0.4, 0.5) is 0 Å². The number of hydrogen-bond donors (Lipinski definition) is 1. The van der Waals surface area contributed by atoms with Crippen LogP contribution >= 0.6 is 11.6 Å². The molecule has 0 bridgehead atoms. The van der Waals surface area contributed by atoms with Gasteiger partial charge in [0.15, 0.2) is 5.82 Å². The van der Waals surface area contributed by atoms with E-state index in [1.54, 1.807) is 36.9 Å². The summed E-state index contributed by atoms with van der Waals surface area (Å²) in [6.07, 6.45) is 7.90. The van der Waals surface area contributed by atoms with Gasteiger partial charge >= 0.3 is 0 Å². The maximum absolute atomic E-state index is 12.1. The Kier molecular flexibility index (Phi) is 4.99. The van der Waals surface area contributed by atoms with Gasteiger partial charge in [0.2, 0.25) is 0 Å². The van der Waals surface area contributed by atoms with E-state index in [2.05, 4.69) is 25.6 Å². The highest BCUT2D eigenvalue weighted by atomic mass is 35.5. The molecule has 1 aliphatic carbocycles. The first kappa shape index (κ1) is 18.1. The van der Waals surface area contributed by atoms with Crippen LogP contribution in [-0.4, -0.2) is 31.9 Å². The summed E-state index contributed by atoms with van der Waals surface area (Å²) in [5.41, 5.74) is 6.62. The summed E-state index contributed by atoms with van der Waals surface area (Å²) >= 11 is 6.65. The molecule has 3 aromatic heterocycles. The Bertz CT molecular complexity index is 1070. The summed E-state index contributed by atoms with van der Waals surface area (Å²) in [5.74, 6) is 0.462. The Morgan fingerprint density at radius 3 is 2.79 bits per heavy atom. The minimum Gasteiger partial charge on any atom is -0.267 e. The largest absolute Gasteiger partial charge is 0.271 e. The van der Waals surface area contributed by atoms with Crippen LogP contribution in [0.2, 0.25) is 0 Å². The Hall–Kier alpha value is -3.32. The van der Waals surface area contributed by atoms with Crippen molar-refractivity contribution in [3.63, 3.8) is 0 Å². The molecule has 1 N–H and O–H groups in total. The number of hydrazone groups is 1. The van der Waals surface area contributed by atoms with Gasteiger partial charge in [-0.05, 0) is 49.6 Å². The van der Waals surface area contributed by atoms with Gasteiger partial charge < -0.3 is 0 Å². The Labute approximate surface area is 166 Å². The molecule has 0 atom stereocenters. The van der Waals surface area contributed by atoms with Crippen LogP contribution in [0.25, 0.3) is 10.9 Å². The standard InChI is InChI=1S/C20H17ClN6O/c1-13-18-16(27(26-13)17-4-2-3-9-23-17)6-5-15(19(18)21)12-24-25-20(28)14-7-10-22-11-8-14/h2-4,7-12H,5-6H2,1H3,(H,25,28). The van der Waals surface area contributed by atoms with E-state index in [0.717, 1.165) is 34.8 Å². The fourth-order valence-electron chi connectivity index (χ4n) is 3.14. The van der Waals surface area contributed by atoms with Gasteiger partial charge in [-0.1, -0.05) is 17.7 Å². The molecule has 1 amide bonds. The number of nitrogens with zero attached hydrogens (tertiary/aromatic N) is 5. The highest BCUT2D eigenvalue weighted by molar-refractivity contribution is 6.51. The lowest BCUT2D eigenvalue weighted by Crippen LogP contribution is -2.18. The van der Waals surface area contributed by atoms with Gasteiger partial charge in [-0.25, -0.2) is 15.1 Å². The van der Waals surface area contributed by atoms with E-state index in [1.165, 1.54) is 0 Å². The van der Waals surface area contributed by atoms with Crippen LogP contribution < -0.4 is 5.43 Å². The third-order valence-corrected chi connectivity index (χ3v) is 4.92. The second-order valence-corrected chi connectivity index (χ2v) is 6.66. The van der Waals surface area contributed by atoms with Crippen LogP contribution in [0.1, 0.15) is 33.7 Å². The molecule has 28 heavy (non-hydrogen) atoms. The first-order chi connectivity index (χ1) is 13.6. The van der Waals surface area contributed by atoms with E-state index in [4.69, 9.17) is 11.6 Å². The normalized spacial score (nSPS) is 13.6. The fourth-order valence-corrected chi connectivity index (χ4v) is 3.53. The minimum absolute atomic E-state index is 0.300. The van der Waals surface area contributed by atoms with Crippen molar-refractivity contribution in [1.29, 1.82) is 0 Å². The molecule has 0 fully saturated rings. The van der Waals surface area contributed by atoms with E-state index in [9.17, 15) is 4.79 Å². The SMILES string of the molecule is Cc1nn(-c2ccccn2)c2c1C(Cl)=C(C=NNC(=O)c1ccncc1)CC2. The second-order valence-electron chi connectivity index (χ2n) is 6.28. The predicted octanol–water partition coefficient (Wildman–Crippen LogP) is 3.28. The van der Waals surface area contributed by atoms with Crippen LogP contribution in [0.3, 0.4) is 0 Å². The summed E-state index contributed by atoms with van der Waals surface area (Å²) in [6, 6.07) is 8.96. The summed E-state index contributed by atoms with van der Waals surface area (Å²) in [6.45, 7) is 1.92. The van der Waals surface area contributed by atoms with Gasteiger partial charge in [0.05, 0.1) is 22.6 Å². The van der Waals surface area contributed by atoms with Crippen molar-refractivity contribution < 1.29 is 4.79 Å². The van der Waals surface area contributed by atoms with E-state index < -0.39 is 0 Å². The lowest BCUT2D eigenvalue weighted by molar-refractivity contribution is 0.0955. The van der Waals surface area contributed by atoms with E-state index in [-0.39, 0.29) is 5.91 Å². The number of halogens is 1. The maximum atomic E-state index is 12.1. The lowest BCUT2D eigenvalue weighted by atomic mass is 9.96. The molecule has 4 rings (SSSR count). The highest BCUT2D eigenvalue weighted by Gasteiger charge is 2.25. The minimum atomic E-state index is -0.300. The van der Waals surface area contributed by atoms with Crippen molar-refractivity contribution in [1.82, 2.24) is 25.2 Å². The quantitative estimate of drug-likeness (QED) is 0.545. The molecule has 0 saturated carbocycles. The zero-order chi connectivity index (χ0) is 19.5. The van der Waals surface area contributed by atoms with Gasteiger partial charge in [-0.15, -0.1) is 0 Å². The van der Waals surface area contributed by atoms with Gasteiger partial charge in [0, 0.05) is 29.7 Å². The summed E-state index contributed by atoms with van der Waals surface area (Å²) in [4.78, 5) is 20.3. The van der Waals surface area contributed by atoms with Crippen molar-refractivity contribution in [2.75, 3.05) is 0 Å². The average Bonchev–Trinajstić information content (AvgIpc) is 3.08. The maximum Gasteiger partial charge on any atom is 0.271 e. The molecule has 0 aliphatic heterocycles. The summed E-state index contributed by atoms with van der Waals surface area (Å²) in [5, 5.41) is 9.27. The van der Waals surface area contributed by atoms with E-state index in [1.807, 2.05) is 29.8 Å². The summed E-state index contributed by atoms with van der Waals surface area (Å²) < 4.78 is 1.84. The molecule has 1 aliphatic rings. The summed E-state index contributed by atoms with van der Waals surface area (Å²) in [7, 11) is 0. The molecular formula is C20H17ClN6O. The Morgan fingerprint density at radius 1 is 1.21 bits per heavy atom. The number of amides is 1. The molecule has 0 spiro atoms. The number of hydrogen-bond acceptors (Lipinski definition) is 5. The second kappa shape index (κ2) is 7.74. The average molecular weight is 393 g/mol. The highest BCUT2D eigenvalue weighted by Crippen LogP contribution is 2.36. The molecule has 7 nitrogen and oxygen atoms in total. The molecule has 3 aromatic rings. The number of nitrogens with one attached hydrogen (secondary N) is 1. The number of rotatable bonds is 4. The number of pyridine rings is 2. The molecule has 0 unspecified atom stereocenters. The monoisotopic (exact) mass is 392 g/mol. The first-order valence-corrected chi connectivity index (χ1v) is 9.15.